The van der Waals surface area contributed by atoms with E-state index in [1.807, 2.05) is 19.9 Å². The number of para-hydroxylation sites is 1. The Balaban J connectivity index is 2.94. The van der Waals surface area contributed by atoms with Crippen LogP contribution in [0.3, 0.4) is 0 Å². The summed E-state index contributed by atoms with van der Waals surface area (Å²) >= 11 is 0. The molecule has 0 fully saturated rings. The first-order valence-electron chi connectivity index (χ1n) is 5.33. The lowest BCUT2D eigenvalue weighted by Gasteiger charge is -2.20. The van der Waals surface area contributed by atoms with Crippen molar-refractivity contribution in [3.8, 4) is 11.8 Å². The summed E-state index contributed by atoms with van der Waals surface area (Å²) in [6.45, 7) is 3.72. The largest absolute Gasteiger partial charge is 0.477 e. The molecule has 0 heterocycles. The van der Waals surface area contributed by atoms with Gasteiger partial charge in [0.1, 0.15) is 11.8 Å². The quantitative estimate of drug-likeness (QED) is 0.747. The first kappa shape index (κ1) is 13.0. The summed E-state index contributed by atoms with van der Waals surface area (Å²) in [6.07, 6.45) is -0.700. The fourth-order valence-electron chi connectivity index (χ4n) is 1.37. The monoisotopic (exact) mass is 233 g/mol. The summed E-state index contributed by atoms with van der Waals surface area (Å²) < 4.78 is 10.2. The second-order valence-corrected chi connectivity index (χ2v) is 3.91. The second kappa shape index (κ2) is 5.90. The molecular formula is C13H15NO3. The molecule has 1 atom stereocenters. The van der Waals surface area contributed by atoms with Gasteiger partial charge in [-0.15, -0.1) is 0 Å². The topological polar surface area (TPSA) is 59.3 Å². The van der Waals surface area contributed by atoms with Crippen molar-refractivity contribution in [3.63, 3.8) is 0 Å². The molecule has 1 aromatic rings. The molecule has 0 unspecified atom stereocenters. The summed E-state index contributed by atoms with van der Waals surface area (Å²) in [7, 11) is 1.32. The molecule has 0 aliphatic heterocycles. The highest BCUT2D eigenvalue weighted by atomic mass is 16.6. The third-order valence-corrected chi connectivity index (χ3v) is 2.30. The Morgan fingerprint density at radius 1 is 1.35 bits per heavy atom. The van der Waals surface area contributed by atoms with E-state index in [0.29, 0.717) is 11.3 Å². The lowest BCUT2D eigenvalue weighted by molar-refractivity contribution is -0.150. The minimum Gasteiger partial charge on any atom is -0.477 e. The van der Waals surface area contributed by atoms with Gasteiger partial charge in [0.25, 0.3) is 0 Å². The van der Waals surface area contributed by atoms with Crippen molar-refractivity contribution in [2.24, 2.45) is 5.92 Å². The SMILES string of the molecule is COC(=O)[C@H](Oc1ccccc1C#N)C(C)C. The number of benzene rings is 1. The predicted molar refractivity (Wildman–Crippen MR) is 62.4 cm³/mol. The standard InChI is InChI=1S/C13H15NO3/c1-9(2)12(13(15)16-3)17-11-7-5-4-6-10(11)8-14/h4-7,9,12H,1-3H3/t12-/m1/s1. The van der Waals surface area contributed by atoms with Gasteiger partial charge in [-0.2, -0.15) is 5.26 Å². The summed E-state index contributed by atoms with van der Waals surface area (Å²) in [4.78, 5) is 11.5. The van der Waals surface area contributed by atoms with Crippen LogP contribution < -0.4 is 4.74 Å². The Labute approximate surface area is 101 Å². The Bertz CT molecular complexity index is 435. The molecule has 4 nitrogen and oxygen atoms in total. The van der Waals surface area contributed by atoms with Gasteiger partial charge in [-0.3, -0.25) is 0 Å². The number of nitriles is 1. The molecule has 0 N–H and O–H groups in total. The molecule has 0 saturated carbocycles. The van der Waals surface area contributed by atoms with Gasteiger partial charge in [-0.1, -0.05) is 26.0 Å². The number of carbonyl (C=O) groups is 1. The fraction of sp³-hybridized carbons (Fsp3) is 0.385. The van der Waals surface area contributed by atoms with Gasteiger partial charge in [-0.05, 0) is 12.1 Å². The molecular weight excluding hydrogens is 218 g/mol. The van der Waals surface area contributed by atoms with E-state index in [0.717, 1.165) is 0 Å². The average molecular weight is 233 g/mol. The molecule has 4 heteroatoms. The molecule has 90 valence electrons. The number of carbonyl (C=O) groups excluding carboxylic acids is 1. The minimum atomic E-state index is -0.700. The number of esters is 1. The van der Waals surface area contributed by atoms with Crippen LogP contribution in [0, 0.1) is 17.2 Å². The Kier molecular flexibility index (Phi) is 4.53. The maximum Gasteiger partial charge on any atom is 0.347 e. The Morgan fingerprint density at radius 3 is 2.53 bits per heavy atom. The highest BCUT2D eigenvalue weighted by Crippen LogP contribution is 2.21. The van der Waals surface area contributed by atoms with Gasteiger partial charge in [0.15, 0.2) is 6.10 Å². The first-order valence-corrected chi connectivity index (χ1v) is 5.33. The zero-order chi connectivity index (χ0) is 12.8. The van der Waals surface area contributed by atoms with Crippen molar-refractivity contribution >= 4 is 5.97 Å². The van der Waals surface area contributed by atoms with E-state index in [4.69, 9.17) is 10.00 Å². The number of ether oxygens (including phenoxy) is 2. The normalized spacial score (nSPS) is 11.7. The highest BCUT2D eigenvalue weighted by Gasteiger charge is 2.25. The summed E-state index contributed by atoms with van der Waals surface area (Å²) in [5, 5.41) is 8.92. The molecule has 0 aromatic heterocycles. The zero-order valence-corrected chi connectivity index (χ0v) is 10.1. The molecule has 0 amide bonds. The Morgan fingerprint density at radius 2 is 2.00 bits per heavy atom. The molecule has 0 bridgehead atoms. The third kappa shape index (κ3) is 3.22. The van der Waals surface area contributed by atoms with E-state index in [2.05, 4.69) is 4.74 Å². The van der Waals surface area contributed by atoms with Gasteiger partial charge in [-0.25, -0.2) is 4.79 Å². The van der Waals surface area contributed by atoms with Crippen LogP contribution in [-0.2, 0) is 9.53 Å². The molecule has 0 radical (unpaired) electrons. The average Bonchev–Trinajstić information content (AvgIpc) is 2.35. The van der Waals surface area contributed by atoms with Crippen LogP contribution in [-0.4, -0.2) is 19.2 Å². The van der Waals surface area contributed by atoms with E-state index < -0.39 is 12.1 Å². The summed E-state index contributed by atoms with van der Waals surface area (Å²) in [5.74, 6) is -0.0685. The smallest absolute Gasteiger partial charge is 0.347 e. The predicted octanol–water partition coefficient (Wildman–Crippen LogP) is 2.13. The number of methoxy groups -OCH3 is 1. The number of hydrogen-bond donors (Lipinski definition) is 0. The number of hydrogen-bond acceptors (Lipinski definition) is 4. The van der Waals surface area contributed by atoms with Crippen molar-refractivity contribution in [2.45, 2.75) is 20.0 Å². The van der Waals surface area contributed by atoms with Crippen molar-refractivity contribution in [2.75, 3.05) is 7.11 Å². The highest BCUT2D eigenvalue weighted by molar-refractivity contribution is 5.75. The van der Waals surface area contributed by atoms with Crippen LogP contribution in [0.15, 0.2) is 24.3 Å². The number of rotatable bonds is 4. The van der Waals surface area contributed by atoms with Crippen molar-refractivity contribution in [1.29, 1.82) is 5.26 Å². The van der Waals surface area contributed by atoms with Gasteiger partial charge in [0.05, 0.1) is 12.7 Å². The molecule has 1 aromatic carbocycles. The summed E-state index contributed by atoms with van der Waals surface area (Å²) in [5.41, 5.74) is 0.405. The Hall–Kier alpha value is -2.02. The van der Waals surface area contributed by atoms with Crippen LogP contribution in [0.4, 0.5) is 0 Å². The fourth-order valence-corrected chi connectivity index (χ4v) is 1.37. The lowest BCUT2D eigenvalue weighted by atomic mass is 10.1. The molecule has 0 aliphatic rings. The second-order valence-electron chi connectivity index (χ2n) is 3.91. The summed E-state index contributed by atoms with van der Waals surface area (Å²) in [6, 6.07) is 8.82. The van der Waals surface area contributed by atoms with Gasteiger partial charge in [0, 0.05) is 5.92 Å². The van der Waals surface area contributed by atoms with Crippen LogP contribution in [0.2, 0.25) is 0 Å². The van der Waals surface area contributed by atoms with Crippen molar-refractivity contribution in [3.05, 3.63) is 29.8 Å². The van der Waals surface area contributed by atoms with Crippen LogP contribution >= 0.6 is 0 Å². The lowest BCUT2D eigenvalue weighted by Crippen LogP contribution is -2.33. The molecule has 0 aliphatic carbocycles. The van der Waals surface area contributed by atoms with Crippen molar-refractivity contribution < 1.29 is 14.3 Å². The molecule has 0 spiro atoms. The van der Waals surface area contributed by atoms with Crippen LogP contribution in [0.5, 0.6) is 5.75 Å². The number of nitrogens with zero attached hydrogens (tertiary/aromatic N) is 1. The molecule has 17 heavy (non-hydrogen) atoms. The van der Waals surface area contributed by atoms with Crippen molar-refractivity contribution in [1.82, 2.24) is 0 Å². The van der Waals surface area contributed by atoms with E-state index in [1.54, 1.807) is 24.3 Å². The maximum absolute atomic E-state index is 11.5. The van der Waals surface area contributed by atoms with Crippen LogP contribution in [0.25, 0.3) is 0 Å². The van der Waals surface area contributed by atoms with Gasteiger partial charge >= 0.3 is 5.97 Å². The molecule has 1 rings (SSSR count). The minimum absolute atomic E-state index is 0.0331. The van der Waals surface area contributed by atoms with Crippen LogP contribution in [0.1, 0.15) is 19.4 Å². The third-order valence-electron chi connectivity index (χ3n) is 2.30. The first-order chi connectivity index (χ1) is 8.10. The zero-order valence-electron chi connectivity index (χ0n) is 10.1. The maximum atomic E-state index is 11.5. The van der Waals surface area contributed by atoms with Gasteiger partial charge < -0.3 is 9.47 Å². The van der Waals surface area contributed by atoms with E-state index in [1.165, 1.54) is 7.11 Å². The van der Waals surface area contributed by atoms with E-state index in [9.17, 15) is 4.79 Å². The van der Waals surface area contributed by atoms with Gasteiger partial charge in [0.2, 0.25) is 0 Å². The van der Waals surface area contributed by atoms with E-state index in [-0.39, 0.29) is 5.92 Å². The van der Waals surface area contributed by atoms with E-state index >= 15 is 0 Å². The molecule has 0 saturated heterocycles.